The van der Waals surface area contributed by atoms with Crippen molar-refractivity contribution in [3.8, 4) is 0 Å². The van der Waals surface area contributed by atoms with Crippen molar-refractivity contribution in [1.29, 1.82) is 0 Å². The summed E-state index contributed by atoms with van der Waals surface area (Å²) in [5, 5.41) is 17.8. The quantitative estimate of drug-likeness (QED) is 0.491. The van der Waals surface area contributed by atoms with Gasteiger partial charge in [-0.3, -0.25) is 14.5 Å². The largest absolute Gasteiger partial charge is 0.477 e. The summed E-state index contributed by atoms with van der Waals surface area (Å²) in [6.45, 7) is 1.49. The number of nitrogens with zero attached hydrogens (tertiary/aromatic N) is 1. The fourth-order valence-electron chi connectivity index (χ4n) is 2.80. The molecule has 7 nitrogen and oxygen atoms in total. The maximum Gasteiger partial charge on any atom is 0.371 e. The van der Waals surface area contributed by atoms with Crippen LogP contribution in [-0.2, 0) is 19.1 Å². The van der Waals surface area contributed by atoms with Gasteiger partial charge in [-0.15, -0.1) is 11.8 Å². The molecule has 0 aromatic rings. The van der Waals surface area contributed by atoms with E-state index in [-0.39, 0.29) is 6.42 Å². The Hall–Kier alpha value is -1.28. The molecule has 98 valence electrons. The van der Waals surface area contributed by atoms with Gasteiger partial charge in [0.2, 0.25) is 5.91 Å². The molecule has 3 saturated heterocycles. The van der Waals surface area contributed by atoms with E-state index in [0.717, 1.165) is 4.90 Å². The lowest BCUT2D eigenvalue weighted by atomic mass is 9.89. The molecule has 0 spiro atoms. The van der Waals surface area contributed by atoms with E-state index in [4.69, 9.17) is 4.74 Å². The normalized spacial score (nSPS) is 43.0. The van der Waals surface area contributed by atoms with E-state index >= 15 is 0 Å². The van der Waals surface area contributed by atoms with Crippen LogP contribution in [0.2, 0.25) is 0 Å². The van der Waals surface area contributed by atoms with Crippen LogP contribution in [0.15, 0.2) is 0 Å². The molecule has 2 unspecified atom stereocenters. The molecule has 0 aromatic carbocycles. The molecule has 0 bridgehead atoms. The second-order valence-electron chi connectivity index (χ2n) is 4.67. The fraction of sp³-hybridized carbons (Fsp3) is 0.700. The van der Waals surface area contributed by atoms with Crippen LogP contribution in [-0.4, -0.2) is 55.4 Å². The van der Waals surface area contributed by atoms with Gasteiger partial charge in [0.15, 0.2) is 0 Å². The number of aliphatic carboxylic acids is 1. The number of β-lactam (4-membered cyclic amide) rings is 1. The predicted molar refractivity (Wildman–Crippen MR) is 58.3 cm³/mol. The van der Waals surface area contributed by atoms with Gasteiger partial charge in [0.1, 0.15) is 0 Å². The number of fused-ring (bicyclic) bond motifs is 3. The van der Waals surface area contributed by atoms with Crippen LogP contribution in [0.3, 0.4) is 0 Å². The minimum atomic E-state index is -1.87. The van der Waals surface area contributed by atoms with Crippen LogP contribution in [0.1, 0.15) is 13.3 Å². The average molecular weight is 273 g/mol. The third kappa shape index (κ3) is 1.12. The Morgan fingerprint density at radius 1 is 1.61 bits per heavy atom. The number of carbonyl (C=O) groups excluding carboxylic acids is 2. The van der Waals surface area contributed by atoms with Gasteiger partial charge in [-0.05, 0) is 6.92 Å². The van der Waals surface area contributed by atoms with Crippen molar-refractivity contribution >= 4 is 29.6 Å². The minimum Gasteiger partial charge on any atom is -0.477 e. The molecule has 3 aliphatic heterocycles. The second-order valence-corrected chi connectivity index (χ2v) is 5.99. The van der Waals surface area contributed by atoms with Crippen molar-refractivity contribution in [3.05, 3.63) is 0 Å². The molecule has 18 heavy (non-hydrogen) atoms. The summed E-state index contributed by atoms with van der Waals surface area (Å²) in [5.41, 5.74) is -1.87. The molecule has 0 aliphatic carbocycles. The van der Waals surface area contributed by atoms with Crippen molar-refractivity contribution in [3.63, 3.8) is 0 Å². The molecule has 1 amide bonds. The SMILES string of the molecule is C[C@@H](O)[C@H]1C(=O)N2[C@@H]1SC1CC(=O)OC12C(=O)O. The zero-order valence-corrected chi connectivity index (χ0v) is 10.2. The van der Waals surface area contributed by atoms with Crippen molar-refractivity contribution in [2.75, 3.05) is 0 Å². The van der Waals surface area contributed by atoms with Crippen molar-refractivity contribution < 1.29 is 29.3 Å². The summed E-state index contributed by atoms with van der Waals surface area (Å²) < 4.78 is 4.93. The summed E-state index contributed by atoms with van der Waals surface area (Å²) in [4.78, 5) is 35.7. The summed E-state index contributed by atoms with van der Waals surface area (Å²) in [5.74, 6) is -3.02. The van der Waals surface area contributed by atoms with Gasteiger partial charge in [0.25, 0.3) is 5.72 Å². The number of aliphatic hydroxyl groups excluding tert-OH is 1. The number of amides is 1. The highest BCUT2D eigenvalue weighted by Gasteiger charge is 2.75. The summed E-state index contributed by atoms with van der Waals surface area (Å²) in [6, 6.07) is 0. The van der Waals surface area contributed by atoms with Crippen LogP contribution in [0.25, 0.3) is 0 Å². The molecule has 5 atom stereocenters. The number of esters is 1. The highest BCUT2D eigenvalue weighted by molar-refractivity contribution is 8.01. The lowest BCUT2D eigenvalue weighted by Crippen LogP contribution is -2.70. The number of hydrogen-bond acceptors (Lipinski definition) is 6. The zero-order chi connectivity index (χ0) is 13.2. The van der Waals surface area contributed by atoms with Crippen molar-refractivity contribution in [2.45, 2.75) is 35.8 Å². The Balaban J connectivity index is 1.99. The van der Waals surface area contributed by atoms with Crippen LogP contribution >= 0.6 is 11.8 Å². The van der Waals surface area contributed by atoms with E-state index in [0.29, 0.717) is 0 Å². The van der Waals surface area contributed by atoms with Crippen LogP contribution in [0.5, 0.6) is 0 Å². The number of ether oxygens (including phenoxy) is 1. The molecule has 8 heteroatoms. The maximum atomic E-state index is 11.9. The number of hydrogen-bond donors (Lipinski definition) is 2. The third-order valence-electron chi connectivity index (χ3n) is 3.63. The molecule has 0 aromatic heterocycles. The fourth-order valence-corrected chi connectivity index (χ4v) is 4.71. The number of carboxylic acids is 1. The van der Waals surface area contributed by atoms with E-state index in [1.807, 2.05) is 0 Å². The monoisotopic (exact) mass is 273 g/mol. The van der Waals surface area contributed by atoms with E-state index in [1.165, 1.54) is 18.7 Å². The first-order valence-corrected chi connectivity index (χ1v) is 6.46. The van der Waals surface area contributed by atoms with Gasteiger partial charge in [0.05, 0.1) is 29.1 Å². The van der Waals surface area contributed by atoms with Crippen LogP contribution < -0.4 is 0 Å². The number of carboxylic acid groups (broad SMARTS) is 1. The van der Waals surface area contributed by atoms with Crippen LogP contribution in [0, 0.1) is 5.92 Å². The highest BCUT2D eigenvalue weighted by Crippen LogP contribution is 2.57. The van der Waals surface area contributed by atoms with Crippen LogP contribution in [0.4, 0.5) is 0 Å². The molecule has 0 radical (unpaired) electrons. The number of thioether (sulfide) groups is 1. The van der Waals surface area contributed by atoms with Gasteiger partial charge >= 0.3 is 11.9 Å². The Morgan fingerprint density at radius 2 is 2.28 bits per heavy atom. The maximum absolute atomic E-state index is 11.9. The molecule has 3 heterocycles. The Bertz CT molecular complexity index is 465. The standard InChI is InChI=1S/C10H11NO6S/c1-3(12)6-7(14)11-8(6)18-4-2-5(13)17-10(4,11)9(15)16/h3-4,6,8,12H,2H2,1H3,(H,15,16)/t3-,4?,6+,8-,10?/m1/s1. The van der Waals surface area contributed by atoms with Gasteiger partial charge in [-0.1, -0.05) is 0 Å². The first-order chi connectivity index (χ1) is 8.39. The third-order valence-corrected chi connectivity index (χ3v) is 5.23. The average Bonchev–Trinajstić information content (AvgIpc) is 2.66. The Kier molecular flexibility index (Phi) is 2.22. The minimum absolute atomic E-state index is 0.0240. The summed E-state index contributed by atoms with van der Waals surface area (Å²) >= 11 is 1.22. The number of aliphatic hydroxyl groups is 1. The molecule has 3 aliphatic rings. The summed E-state index contributed by atoms with van der Waals surface area (Å²) in [7, 11) is 0. The van der Waals surface area contributed by atoms with E-state index in [1.54, 1.807) is 0 Å². The van der Waals surface area contributed by atoms with Gasteiger partial charge in [0, 0.05) is 0 Å². The lowest BCUT2D eigenvalue weighted by Gasteiger charge is -2.47. The topological polar surface area (TPSA) is 104 Å². The second kappa shape index (κ2) is 3.39. The summed E-state index contributed by atoms with van der Waals surface area (Å²) in [6.07, 6.45) is -0.865. The van der Waals surface area contributed by atoms with E-state index in [9.17, 15) is 24.6 Å². The molecule has 0 saturated carbocycles. The Labute approximate surface area is 106 Å². The van der Waals surface area contributed by atoms with Crippen molar-refractivity contribution in [1.82, 2.24) is 4.90 Å². The van der Waals surface area contributed by atoms with Gasteiger partial charge < -0.3 is 14.9 Å². The Morgan fingerprint density at radius 3 is 2.83 bits per heavy atom. The zero-order valence-electron chi connectivity index (χ0n) is 9.40. The highest BCUT2D eigenvalue weighted by atomic mass is 32.2. The van der Waals surface area contributed by atoms with Gasteiger partial charge in [-0.25, -0.2) is 4.79 Å². The van der Waals surface area contributed by atoms with Crippen molar-refractivity contribution in [2.24, 2.45) is 5.92 Å². The van der Waals surface area contributed by atoms with Gasteiger partial charge in [-0.2, -0.15) is 0 Å². The molecule has 2 N–H and O–H groups in total. The van der Waals surface area contributed by atoms with E-state index in [2.05, 4.69) is 0 Å². The smallest absolute Gasteiger partial charge is 0.371 e. The van der Waals surface area contributed by atoms with E-state index < -0.39 is 46.2 Å². The molecule has 3 rings (SSSR count). The first-order valence-electron chi connectivity index (χ1n) is 5.51. The molecular formula is C10H11NO6S. The molecular weight excluding hydrogens is 262 g/mol. The lowest BCUT2D eigenvalue weighted by molar-refractivity contribution is -0.210. The first kappa shape index (κ1) is 11.8. The predicted octanol–water partition coefficient (Wildman–Crippen LogP) is -1.01. The number of rotatable bonds is 2. The number of carbonyl (C=O) groups is 3. The molecule has 3 fully saturated rings.